The van der Waals surface area contributed by atoms with Crippen LogP contribution in [0.1, 0.15) is 18.1 Å². The van der Waals surface area contributed by atoms with Gasteiger partial charge in [0, 0.05) is 0 Å². The van der Waals surface area contributed by atoms with Crippen molar-refractivity contribution in [2.75, 3.05) is 11.9 Å². The maximum absolute atomic E-state index is 12.7. The zero-order chi connectivity index (χ0) is 13.8. The molecule has 0 fully saturated rings. The quantitative estimate of drug-likeness (QED) is 0.886. The van der Waals surface area contributed by atoms with Crippen molar-refractivity contribution in [1.82, 2.24) is 0 Å². The van der Waals surface area contributed by atoms with E-state index in [1.165, 1.54) is 13.0 Å². The summed E-state index contributed by atoms with van der Waals surface area (Å²) in [7, 11) is 0. The van der Waals surface area contributed by atoms with E-state index < -0.39 is 23.5 Å². The molecule has 1 aromatic carbocycles. The second-order valence-electron chi connectivity index (χ2n) is 3.22. The Labute approximate surface area is 101 Å². The number of alkyl halides is 3. The maximum atomic E-state index is 12.7. The van der Waals surface area contributed by atoms with Crippen molar-refractivity contribution in [3.63, 3.8) is 0 Å². The van der Waals surface area contributed by atoms with E-state index in [-0.39, 0.29) is 12.2 Å². The van der Waals surface area contributed by atoms with E-state index in [0.29, 0.717) is 6.07 Å². The zero-order valence-corrected chi connectivity index (χ0v) is 9.34. The number of nitrogens with zero attached hydrogens (tertiary/aromatic N) is 1. The van der Waals surface area contributed by atoms with Crippen molar-refractivity contribution in [1.29, 1.82) is 5.26 Å². The molecule has 96 valence electrons. The van der Waals surface area contributed by atoms with Crippen LogP contribution in [0.15, 0.2) is 18.2 Å². The largest absolute Gasteiger partial charge is 0.450 e. The van der Waals surface area contributed by atoms with Gasteiger partial charge in [-0.15, -0.1) is 0 Å². The predicted molar refractivity (Wildman–Crippen MR) is 56.8 cm³/mol. The smallest absolute Gasteiger partial charge is 0.418 e. The Balaban J connectivity index is 3.12. The highest BCUT2D eigenvalue weighted by Gasteiger charge is 2.34. The van der Waals surface area contributed by atoms with E-state index in [1.54, 1.807) is 6.07 Å². The van der Waals surface area contributed by atoms with E-state index in [9.17, 15) is 18.0 Å². The molecule has 18 heavy (non-hydrogen) atoms. The molecule has 7 heteroatoms. The Kier molecular flexibility index (Phi) is 4.15. The summed E-state index contributed by atoms with van der Waals surface area (Å²) in [6.45, 7) is 1.58. The summed E-state index contributed by atoms with van der Waals surface area (Å²) >= 11 is 0. The number of rotatable bonds is 2. The van der Waals surface area contributed by atoms with Crippen molar-refractivity contribution >= 4 is 11.8 Å². The highest BCUT2D eigenvalue weighted by molar-refractivity contribution is 5.86. The molecule has 0 radical (unpaired) electrons. The first-order valence-corrected chi connectivity index (χ1v) is 4.93. The van der Waals surface area contributed by atoms with Gasteiger partial charge >= 0.3 is 12.3 Å². The Morgan fingerprint density at radius 2 is 2.17 bits per heavy atom. The molecule has 0 atom stereocenters. The summed E-state index contributed by atoms with van der Waals surface area (Å²) in [5.74, 6) is 0. The Morgan fingerprint density at radius 1 is 1.50 bits per heavy atom. The molecular formula is C11H9F3N2O2. The molecule has 0 spiro atoms. The lowest BCUT2D eigenvalue weighted by Crippen LogP contribution is -2.17. The molecule has 4 nitrogen and oxygen atoms in total. The highest BCUT2D eigenvalue weighted by atomic mass is 19.4. The molecule has 0 heterocycles. The highest BCUT2D eigenvalue weighted by Crippen LogP contribution is 2.35. The lowest BCUT2D eigenvalue weighted by molar-refractivity contribution is -0.136. The van der Waals surface area contributed by atoms with Crippen molar-refractivity contribution in [3.05, 3.63) is 29.3 Å². The van der Waals surface area contributed by atoms with Crippen molar-refractivity contribution in [3.8, 4) is 6.07 Å². The fourth-order valence-corrected chi connectivity index (χ4v) is 1.23. The van der Waals surface area contributed by atoms with Crippen molar-refractivity contribution in [2.45, 2.75) is 13.1 Å². The van der Waals surface area contributed by atoms with E-state index in [0.717, 1.165) is 6.07 Å². The predicted octanol–water partition coefficient (Wildman–Crippen LogP) is 3.15. The van der Waals surface area contributed by atoms with Gasteiger partial charge in [-0.1, -0.05) is 0 Å². The average molecular weight is 258 g/mol. The molecule has 1 rings (SSSR count). The standard InChI is InChI=1S/C11H9F3N2O2/c1-2-18-10(17)16-9-4-3-7(6-15)5-8(9)11(12,13)14/h3-5H,2H2,1H3,(H,16,17). The van der Waals surface area contributed by atoms with Gasteiger partial charge in [-0.25, -0.2) is 4.79 Å². The van der Waals surface area contributed by atoms with Crippen molar-refractivity contribution in [2.24, 2.45) is 0 Å². The lowest BCUT2D eigenvalue weighted by atomic mass is 10.1. The molecule has 0 aliphatic carbocycles. The van der Waals surface area contributed by atoms with Gasteiger partial charge in [0.15, 0.2) is 0 Å². The van der Waals surface area contributed by atoms with E-state index in [4.69, 9.17) is 5.26 Å². The van der Waals surface area contributed by atoms with E-state index >= 15 is 0 Å². The van der Waals surface area contributed by atoms with Crippen LogP contribution in [-0.4, -0.2) is 12.7 Å². The summed E-state index contributed by atoms with van der Waals surface area (Å²) in [6, 6.07) is 4.46. The molecule has 1 amide bonds. The minimum absolute atomic E-state index is 0.0451. The molecule has 1 aromatic rings. The van der Waals surface area contributed by atoms with Crippen LogP contribution in [0, 0.1) is 11.3 Å². The van der Waals surface area contributed by atoms with Gasteiger partial charge in [-0.2, -0.15) is 18.4 Å². The zero-order valence-electron chi connectivity index (χ0n) is 9.34. The van der Waals surface area contributed by atoms with E-state index in [1.807, 2.05) is 5.32 Å². The van der Waals surface area contributed by atoms with Crippen LogP contribution in [0.3, 0.4) is 0 Å². The van der Waals surface area contributed by atoms with Crippen molar-refractivity contribution < 1.29 is 22.7 Å². The molecule has 0 saturated heterocycles. The van der Waals surface area contributed by atoms with Crippen LogP contribution in [0.25, 0.3) is 0 Å². The summed E-state index contributed by atoms with van der Waals surface area (Å²) in [4.78, 5) is 11.1. The second kappa shape index (κ2) is 5.40. The second-order valence-corrected chi connectivity index (χ2v) is 3.22. The number of hydrogen-bond acceptors (Lipinski definition) is 3. The van der Waals surface area contributed by atoms with E-state index in [2.05, 4.69) is 4.74 Å². The number of nitriles is 1. The number of benzene rings is 1. The minimum atomic E-state index is -4.66. The minimum Gasteiger partial charge on any atom is -0.450 e. The third-order valence-electron chi connectivity index (χ3n) is 1.97. The van der Waals surface area contributed by atoms with Gasteiger partial charge in [0.25, 0.3) is 0 Å². The van der Waals surface area contributed by atoms with Gasteiger partial charge in [-0.3, -0.25) is 5.32 Å². The van der Waals surface area contributed by atoms with Crippen LogP contribution in [0.4, 0.5) is 23.7 Å². The third-order valence-corrected chi connectivity index (χ3v) is 1.97. The van der Waals surface area contributed by atoms with Gasteiger partial charge in [0.2, 0.25) is 0 Å². The fraction of sp³-hybridized carbons (Fsp3) is 0.273. The molecule has 0 unspecified atom stereocenters. The first-order valence-electron chi connectivity index (χ1n) is 4.93. The third kappa shape index (κ3) is 3.38. The van der Waals surface area contributed by atoms with Crippen LogP contribution in [-0.2, 0) is 10.9 Å². The number of amides is 1. The summed E-state index contributed by atoms with van der Waals surface area (Å²) in [5.41, 5.74) is -1.67. The molecule has 0 aliphatic rings. The van der Waals surface area contributed by atoms with Gasteiger partial charge in [-0.05, 0) is 25.1 Å². The first kappa shape index (κ1) is 13.8. The van der Waals surface area contributed by atoms with Gasteiger partial charge < -0.3 is 4.74 Å². The Bertz CT molecular complexity index is 492. The fourth-order valence-electron chi connectivity index (χ4n) is 1.23. The molecular weight excluding hydrogens is 249 g/mol. The summed E-state index contributed by atoms with van der Waals surface area (Å²) < 4.78 is 42.6. The normalized spacial score (nSPS) is 10.6. The lowest BCUT2D eigenvalue weighted by Gasteiger charge is -2.13. The van der Waals surface area contributed by atoms with Gasteiger partial charge in [0.05, 0.1) is 29.5 Å². The molecule has 0 aromatic heterocycles. The monoisotopic (exact) mass is 258 g/mol. The number of hydrogen-bond donors (Lipinski definition) is 1. The van der Waals surface area contributed by atoms with Crippen LogP contribution >= 0.6 is 0 Å². The number of ether oxygens (including phenoxy) is 1. The van der Waals surface area contributed by atoms with Crippen LogP contribution < -0.4 is 5.32 Å². The number of anilines is 1. The molecule has 0 bridgehead atoms. The first-order chi connectivity index (χ1) is 8.38. The van der Waals surface area contributed by atoms with Gasteiger partial charge in [0.1, 0.15) is 0 Å². The van der Waals surface area contributed by atoms with Crippen LogP contribution in [0.5, 0.6) is 0 Å². The number of halogens is 3. The average Bonchev–Trinajstić information content (AvgIpc) is 2.28. The topological polar surface area (TPSA) is 62.1 Å². The maximum Gasteiger partial charge on any atom is 0.418 e. The number of carbonyl (C=O) groups is 1. The molecule has 0 aliphatic heterocycles. The Hall–Kier alpha value is -2.23. The molecule has 0 saturated carbocycles. The molecule has 1 N–H and O–H groups in total. The SMILES string of the molecule is CCOC(=O)Nc1ccc(C#N)cc1C(F)(F)F. The Morgan fingerprint density at radius 3 is 2.67 bits per heavy atom. The number of nitrogens with one attached hydrogen (secondary N) is 1. The summed E-state index contributed by atoms with van der Waals surface area (Å²) in [5, 5.41) is 10.5. The summed E-state index contributed by atoms with van der Waals surface area (Å²) in [6.07, 6.45) is -5.64. The number of carbonyl (C=O) groups excluding carboxylic acids is 1. The van der Waals surface area contributed by atoms with Crippen LogP contribution in [0.2, 0.25) is 0 Å².